The second-order valence-electron chi connectivity index (χ2n) is 6.58. The summed E-state index contributed by atoms with van der Waals surface area (Å²) >= 11 is 6.02. The predicted molar refractivity (Wildman–Crippen MR) is 97.6 cm³/mol. The first kappa shape index (κ1) is 18.0. The Morgan fingerprint density at radius 2 is 2.00 bits per heavy atom. The molecule has 0 spiro atoms. The molecule has 1 fully saturated rings. The molecule has 3 rings (SSSR count). The van der Waals surface area contributed by atoms with E-state index in [-0.39, 0.29) is 18.4 Å². The van der Waals surface area contributed by atoms with Gasteiger partial charge in [-0.1, -0.05) is 35.3 Å². The van der Waals surface area contributed by atoms with Gasteiger partial charge in [0.2, 0.25) is 5.91 Å². The van der Waals surface area contributed by atoms with Crippen molar-refractivity contribution in [1.82, 2.24) is 15.4 Å². The van der Waals surface area contributed by atoms with Crippen LogP contribution in [0.3, 0.4) is 0 Å². The second-order valence-corrected chi connectivity index (χ2v) is 7.02. The molecule has 5 nitrogen and oxygen atoms in total. The molecule has 0 aliphatic carbocycles. The van der Waals surface area contributed by atoms with E-state index in [1.54, 1.807) is 6.07 Å². The van der Waals surface area contributed by atoms with Crippen LogP contribution < -0.4 is 5.32 Å². The van der Waals surface area contributed by atoms with Crippen molar-refractivity contribution in [3.8, 4) is 0 Å². The molecule has 1 saturated heterocycles. The Bertz CT molecular complexity index is 693. The molecule has 1 aliphatic heterocycles. The summed E-state index contributed by atoms with van der Waals surface area (Å²) < 4.78 is 5.12. The number of piperidine rings is 1. The fraction of sp³-hybridized carbons (Fsp3) is 0.474. The number of aryl methyl sites for hydroxylation is 1. The van der Waals surface area contributed by atoms with Gasteiger partial charge in [0.15, 0.2) is 0 Å². The SMILES string of the molecule is Cc1cc(CC(=O)NCC(c2ccc(Cl)cc2)N2CCCCC2)on1. The lowest BCUT2D eigenvalue weighted by atomic mass is 10.0. The summed E-state index contributed by atoms with van der Waals surface area (Å²) in [7, 11) is 0. The number of amides is 1. The monoisotopic (exact) mass is 361 g/mol. The molecule has 1 unspecified atom stereocenters. The smallest absolute Gasteiger partial charge is 0.227 e. The molecular weight excluding hydrogens is 338 g/mol. The number of aromatic nitrogens is 1. The Morgan fingerprint density at radius 3 is 2.64 bits per heavy atom. The van der Waals surface area contributed by atoms with Gasteiger partial charge in [-0.3, -0.25) is 9.69 Å². The van der Waals surface area contributed by atoms with Crippen molar-refractivity contribution in [3.63, 3.8) is 0 Å². The molecule has 25 heavy (non-hydrogen) atoms. The number of likely N-dealkylation sites (tertiary alicyclic amines) is 1. The number of benzene rings is 1. The van der Waals surface area contributed by atoms with E-state index in [0.29, 0.717) is 12.3 Å². The van der Waals surface area contributed by atoms with Crippen molar-refractivity contribution < 1.29 is 9.32 Å². The van der Waals surface area contributed by atoms with E-state index in [4.69, 9.17) is 16.1 Å². The summed E-state index contributed by atoms with van der Waals surface area (Å²) in [6.45, 7) is 4.54. The molecule has 1 N–H and O–H groups in total. The quantitative estimate of drug-likeness (QED) is 0.855. The normalized spacial score (nSPS) is 16.6. The van der Waals surface area contributed by atoms with Gasteiger partial charge in [0.1, 0.15) is 5.76 Å². The van der Waals surface area contributed by atoms with E-state index in [9.17, 15) is 4.79 Å². The molecule has 134 valence electrons. The lowest BCUT2D eigenvalue weighted by molar-refractivity contribution is -0.121. The third-order valence-electron chi connectivity index (χ3n) is 4.59. The van der Waals surface area contributed by atoms with Crippen LogP contribution in [0.4, 0.5) is 0 Å². The Kier molecular flexibility index (Phi) is 6.10. The highest BCUT2D eigenvalue weighted by atomic mass is 35.5. The van der Waals surface area contributed by atoms with Crippen molar-refractivity contribution in [1.29, 1.82) is 0 Å². The van der Waals surface area contributed by atoms with Crippen LogP contribution in [0.15, 0.2) is 34.9 Å². The lowest BCUT2D eigenvalue weighted by Crippen LogP contribution is -2.41. The highest BCUT2D eigenvalue weighted by Gasteiger charge is 2.23. The molecule has 1 aromatic carbocycles. The summed E-state index contributed by atoms with van der Waals surface area (Å²) in [4.78, 5) is 14.7. The molecule has 2 heterocycles. The van der Waals surface area contributed by atoms with E-state index >= 15 is 0 Å². The second kappa shape index (κ2) is 8.50. The van der Waals surface area contributed by atoms with Gasteiger partial charge >= 0.3 is 0 Å². The van der Waals surface area contributed by atoms with Crippen LogP contribution in [-0.4, -0.2) is 35.6 Å². The van der Waals surface area contributed by atoms with Crippen LogP contribution >= 0.6 is 11.6 Å². The van der Waals surface area contributed by atoms with Crippen LogP contribution in [-0.2, 0) is 11.2 Å². The van der Waals surface area contributed by atoms with E-state index < -0.39 is 0 Å². The topological polar surface area (TPSA) is 58.4 Å². The Balaban J connectivity index is 1.64. The fourth-order valence-corrected chi connectivity index (χ4v) is 3.43. The number of nitrogens with one attached hydrogen (secondary N) is 1. The number of carbonyl (C=O) groups is 1. The summed E-state index contributed by atoms with van der Waals surface area (Å²) in [5.74, 6) is 0.545. The maximum atomic E-state index is 12.3. The molecule has 1 aromatic heterocycles. The van der Waals surface area contributed by atoms with Crippen LogP contribution in [0.5, 0.6) is 0 Å². The predicted octanol–water partition coefficient (Wildman–Crippen LogP) is 3.52. The molecule has 0 bridgehead atoms. The van der Waals surface area contributed by atoms with Gasteiger partial charge < -0.3 is 9.84 Å². The first-order valence-corrected chi connectivity index (χ1v) is 9.18. The molecule has 0 saturated carbocycles. The van der Waals surface area contributed by atoms with Gasteiger partial charge in [-0.25, -0.2) is 0 Å². The maximum absolute atomic E-state index is 12.3. The van der Waals surface area contributed by atoms with Gasteiger partial charge in [0.05, 0.1) is 18.2 Å². The summed E-state index contributed by atoms with van der Waals surface area (Å²) in [5.41, 5.74) is 1.97. The third kappa shape index (κ3) is 5.06. The number of rotatable bonds is 6. The summed E-state index contributed by atoms with van der Waals surface area (Å²) in [6, 6.07) is 9.88. The third-order valence-corrected chi connectivity index (χ3v) is 4.84. The number of halogens is 1. The molecule has 0 radical (unpaired) electrons. The van der Waals surface area contributed by atoms with Crippen molar-refractivity contribution in [2.24, 2.45) is 0 Å². The molecule has 2 aromatic rings. The van der Waals surface area contributed by atoms with Gasteiger partial charge in [0, 0.05) is 17.6 Å². The highest BCUT2D eigenvalue weighted by Crippen LogP contribution is 2.25. The number of hydrogen-bond acceptors (Lipinski definition) is 4. The lowest BCUT2D eigenvalue weighted by Gasteiger charge is -2.35. The van der Waals surface area contributed by atoms with Gasteiger partial charge in [-0.05, 0) is 50.6 Å². The maximum Gasteiger partial charge on any atom is 0.227 e. The number of carbonyl (C=O) groups excluding carboxylic acids is 1. The molecular formula is C19H24ClN3O2. The number of nitrogens with zero attached hydrogens (tertiary/aromatic N) is 2. The molecule has 1 aliphatic rings. The number of hydrogen-bond donors (Lipinski definition) is 1. The first-order chi connectivity index (χ1) is 12.1. The van der Waals surface area contributed by atoms with Crippen molar-refractivity contribution in [2.45, 2.75) is 38.6 Å². The van der Waals surface area contributed by atoms with Gasteiger partial charge in [0.25, 0.3) is 0 Å². The zero-order valence-corrected chi connectivity index (χ0v) is 15.3. The molecule has 1 atom stereocenters. The minimum Gasteiger partial charge on any atom is -0.361 e. The minimum absolute atomic E-state index is 0.0490. The van der Waals surface area contributed by atoms with Gasteiger partial charge in [-0.15, -0.1) is 0 Å². The zero-order valence-electron chi connectivity index (χ0n) is 14.5. The molecule has 1 amide bonds. The minimum atomic E-state index is -0.0490. The highest BCUT2D eigenvalue weighted by molar-refractivity contribution is 6.30. The van der Waals surface area contributed by atoms with Gasteiger partial charge in [-0.2, -0.15) is 0 Å². The van der Waals surface area contributed by atoms with Crippen LogP contribution in [0.25, 0.3) is 0 Å². The van der Waals surface area contributed by atoms with Crippen LogP contribution in [0.2, 0.25) is 5.02 Å². The van der Waals surface area contributed by atoms with E-state index in [1.165, 1.54) is 24.8 Å². The van der Waals surface area contributed by atoms with Crippen molar-refractivity contribution >= 4 is 17.5 Å². The Morgan fingerprint density at radius 1 is 1.28 bits per heavy atom. The van der Waals surface area contributed by atoms with E-state index in [2.05, 4.69) is 15.4 Å². The van der Waals surface area contributed by atoms with E-state index in [1.807, 2.05) is 31.2 Å². The van der Waals surface area contributed by atoms with Crippen molar-refractivity contribution in [3.05, 3.63) is 52.4 Å². The van der Waals surface area contributed by atoms with Crippen molar-refractivity contribution in [2.75, 3.05) is 19.6 Å². The van der Waals surface area contributed by atoms with E-state index in [0.717, 1.165) is 23.8 Å². The fourth-order valence-electron chi connectivity index (χ4n) is 3.30. The van der Waals surface area contributed by atoms with Crippen LogP contribution in [0.1, 0.15) is 42.3 Å². The average molecular weight is 362 g/mol. The first-order valence-electron chi connectivity index (χ1n) is 8.80. The Labute approximate surface area is 153 Å². The van der Waals surface area contributed by atoms with Crippen LogP contribution in [0, 0.1) is 6.92 Å². The average Bonchev–Trinajstić information content (AvgIpc) is 3.02. The Hall–Kier alpha value is -1.85. The zero-order chi connectivity index (χ0) is 17.6. The summed E-state index contributed by atoms with van der Waals surface area (Å²) in [5, 5.41) is 7.60. The summed E-state index contributed by atoms with van der Waals surface area (Å²) in [6.07, 6.45) is 3.90. The largest absolute Gasteiger partial charge is 0.361 e. The molecule has 6 heteroatoms. The standard InChI is InChI=1S/C19H24ClN3O2/c1-14-11-17(25-22-14)12-19(24)21-13-18(23-9-3-2-4-10-23)15-5-7-16(20)8-6-15/h5-8,11,18H,2-4,9-10,12-13H2,1H3,(H,21,24).